The molecule has 1 aliphatic heterocycles. The van der Waals surface area contributed by atoms with Crippen molar-refractivity contribution in [3.05, 3.63) is 24.0 Å². The molecular formula is C15H21N3O3. The van der Waals surface area contributed by atoms with Crippen LogP contribution in [0.15, 0.2) is 18.3 Å². The van der Waals surface area contributed by atoms with Crippen molar-refractivity contribution in [3.63, 3.8) is 0 Å². The number of ketones is 1. The standard InChI is InChI=1S/C15H21N3O3/c1-12(19)14-4-3-13(11-16-14)18-9-7-17(8-10-18)6-5-15(20)21-2/h3-4,11H,5-10H2,1-2H3. The van der Waals surface area contributed by atoms with E-state index in [-0.39, 0.29) is 11.8 Å². The Morgan fingerprint density at radius 1 is 1.24 bits per heavy atom. The maximum atomic E-state index is 11.2. The highest BCUT2D eigenvalue weighted by Gasteiger charge is 2.18. The minimum atomic E-state index is -0.165. The number of rotatable bonds is 5. The van der Waals surface area contributed by atoms with Gasteiger partial charge in [-0.05, 0) is 12.1 Å². The van der Waals surface area contributed by atoms with Crippen molar-refractivity contribution >= 4 is 17.4 Å². The summed E-state index contributed by atoms with van der Waals surface area (Å²) in [5.74, 6) is -0.185. The number of nitrogens with zero attached hydrogens (tertiary/aromatic N) is 3. The number of aromatic nitrogens is 1. The number of esters is 1. The van der Waals surface area contributed by atoms with Crippen molar-refractivity contribution in [2.75, 3.05) is 44.7 Å². The molecule has 1 aromatic rings. The van der Waals surface area contributed by atoms with E-state index in [0.717, 1.165) is 38.4 Å². The van der Waals surface area contributed by atoms with Crippen LogP contribution >= 0.6 is 0 Å². The third kappa shape index (κ3) is 4.26. The van der Waals surface area contributed by atoms with Crippen LogP contribution in [0.25, 0.3) is 0 Å². The molecule has 1 fully saturated rings. The van der Waals surface area contributed by atoms with Gasteiger partial charge >= 0.3 is 5.97 Å². The number of hydrogen-bond acceptors (Lipinski definition) is 6. The molecule has 0 aromatic carbocycles. The van der Waals surface area contributed by atoms with Crippen LogP contribution in [0.5, 0.6) is 0 Å². The van der Waals surface area contributed by atoms with Gasteiger partial charge in [-0.2, -0.15) is 0 Å². The molecular weight excluding hydrogens is 270 g/mol. The zero-order valence-corrected chi connectivity index (χ0v) is 12.5. The van der Waals surface area contributed by atoms with Crippen molar-refractivity contribution in [1.82, 2.24) is 9.88 Å². The number of piperazine rings is 1. The maximum Gasteiger partial charge on any atom is 0.306 e. The number of pyridine rings is 1. The molecule has 1 aliphatic rings. The summed E-state index contributed by atoms with van der Waals surface area (Å²) in [6, 6.07) is 3.70. The first-order valence-corrected chi connectivity index (χ1v) is 7.11. The van der Waals surface area contributed by atoms with E-state index >= 15 is 0 Å². The van der Waals surface area contributed by atoms with Crippen LogP contribution in [-0.2, 0) is 9.53 Å². The summed E-state index contributed by atoms with van der Waals surface area (Å²) < 4.78 is 4.65. The number of ether oxygens (including phenoxy) is 1. The normalized spacial score (nSPS) is 15.8. The summed E-state index contributed by atoms with van der Waals surface area (Å²) in [4.78, 5) is 31.0. The fourth-order valence-corrected chi connectivity index (χ4v) is 2.36. The van der Waals surface area contributed by atoms with Crippen molar-refractivity contribution < 1.29 is 14.3 Å². The number of methoxy groups -OCH3 is 1. The van der Waals surface area contributed by atoms with Crippen molar-refractivity contribution in [2.24, 2.45) is 0 Å². The summed E-state index contributed by atoms with van der Waals surface area (Å²) in [6.07, 6.45) is 2.19. The molecule has 0 radical (unpaired) electrons. The Kier molecular flexibility index (Phi) is 5.27. The highest BCUT2D eigenvalue weighted by Crippen LogP contribution is 2.16. The van der Waals surface area contributed by atoms with Gasteiger partial charge < -0.3 is 9.64 Å². The number of Topliss-reactive ketones (excluding diaryl/α,β-unsaturated/α-hetero) is 1. The Morgan fingerprint density at radius 3 is 2.48 bits per heavy atom. The first-order valence-electron chi connectivity index (χ1n) is 7.11. The zero-order chi connectivity index (χ0) is 15.2. The Labute approximate surface area is 124 Å². The third-order valence-corrected chi connectivity index (χ3v) is 3.71. The predicted molar refractivity (Wildman–Crippen MR) is 79.5 cm³/mol. The lowest BCUT2D eigenvalue weighted by atomic mass is 10.2. The third-order valence-electron chi connectivity index (χ3n) is 3.71. The summed E-state index contributed by atoms with van der Waals surface area (Å²) in [5.41, 5.74) is 1.53. The first kappa shape index (κ1) is 15.4. The van der Waals surface area contributed by atoms with Crippen molar-refractivity contribution in [3.8, 4) is 0 Å². The van der Waals surface area contributed by atoms with E-state index in [1.807, 2.05) is 6.07 Å². The summed E-state index contributed by atoms with van der Waals surface area (Å²) in [5, 5.41) is 0. The topological polar surface area (TPSA) is 62.7 Å². The smallest absolute Gasteiger partial charge is 0.306 e. The molecule has 0 unspecified atom stereocenters. The first-order chi connectivity index (χ1) is 10.1. The molecule has 1 aromatic heterocycles. The molecule has 114 valence electrons. The molecule has 2 rings (SSSR count). The maximum absolute atomic E-state index is 11.2. The molecule has 0 amide bonds. The van der Waals surface area contributed by atoms with Crippen LogP contribution in [0, 0.1) is 0 Å². The van der Waals surface area contributed by atoms with Crippen LogP contribution < -0.4 is 4.90 Å². The lowest BCUT2D eigenvalue weighted by Gasteiger charge is -2.35. The highest BCUT2D eigenvalue weighted by molar-refractivity contribution is 5.92. The summed E-state index contributed by atoms with van der Waals surface area (Å²) in [7, 11) is 1.41. The van der Waals surface area contributed by atoms with E-state index in [1.54, 1.807) is 12.3 Å². The van der Waals surface area contributed by atoms with Gasteiger partial charge in [-0.25, -0.2) is 0 Å². The molecule has 6 nitrogen and oxygen atoms in total. The van der Waals surface area contributed by atoms with Crippen LogP contribution in [0.1, 0.15) is 23.8 Å². The van der Waals surface area contributed by atoms with Gasteiger partial charge in [0.2, 0.25) is 0 Å². The molecule has 0 bridgehead atoms. The van der Waals surface area contributed by atoms with E-state index in [0.29, 0.717) is 12.1 Å². The Hall–Kier alpha value is -1.95. The largest absolute Gasteiger partial charge is 0.469 e. The molecule has 0 atom stereocenters. The fourth-order valence-electron chi connectivity index (χ4n) is 2.36. The van der Waals surface area contributed by atoms with E-state index in [1.165, 1.54) is 14.0 Å². The summed E-state index contributed by atoms with van der Waals surface area (Å²) in [6.45, 7) is 5.85. The lowest BCUT2D eigenvalue weighted by Crippen LogP contribution is -2.47. The van der Waals surface area contributed by atoms with Gasteiger partial charge in [0.15, 0.2) is 5.78 Å². The van der Waals surface area contributed by atoms with Crippen LogP contribution in [0.4, 0.5) is 5.69 Å². The minimum Gasteiger partial charge on any atom is -0.469 e. The molecule has 0 aliphatic carbocycles. The zero-order valence-electron chi connectivity index (χ0n) is 12.5. The molecule has 0 spiro atoms. The van der Waals surface area contributed by atoms with Gasteiger partial charge in [0.05, 0.1) is 25.4 Å². The second-order valence-corrected chi connectivity index (χ2v) is 5.11. The van der Waals surface area contributed by atoms with E-state index in [9.17, 15) is 9.59 Å². The van der Waals surface area contributed by atoms with Crippen molar-refractivity contribution in [1.29, 1.82) is 0 Å². The SMILES string of the molecule is COC(=O)CCN1CCN(c2ccc(C(C)=O)nc2)CC1. The van der Waals surface area contributed by atoms with Gasteiger partial charge in [-0.3, -0.25) is 19.5 Å². The number of carbonyl (C=O) groups is 2. The number of carbonyl (C=O) groups excluding carboxylic acids is 2. The average Bonchev–Trinajstić information content (AvgIpc) is 2.53. The number of hydrogen-bond donors (Lipinski definition) is 0. The monoisotopic (exact) mass is 291 g/mol. The van der Waals surface area contributed by atoms with Crippen LogP contribution in [0.2, 0.25) is 0 Å². The van der Waals surface area contributed by atoms with Gasteiger partial charge in [-0.15, -0.1) is 0 Å². The summed E-state index contributed by atoms with van der Waals surface area (Å²) >= 11 is 0. The van der Waals surface area contributed by atoms with Gasteiger partial charge in [0.25, 0.3) is 0 Å². The molecule has 6 heteroatoms. The lowest BCUT2D eigenvalue weighted by molar-refractivity contribution is -0.141. The Balaban J connectivity index is 1.83. The number of anilines is 1. The average molecular weight is 291 g/mol. The quantitative estimate of drug-likeness (QED) is 0.595. The second kappa shape index (κ2) is 7.17. The molecule has 1 saturated heterocycles. The van der Waals surface area contributed by atoms with E-state index < -0.39 is 0 Å². The van der Waals surface area contributed by atoms with E-state index in [2.05, 4.69) is 19.5 Å². The van der Waals surface area contributed by atoms with Gasteiger partial charge in [-0.1, -0.05) is 0 Å². The highest BCUT2D eigenvalue weighted by atomic mass is 16.5. The molecule has 21 heavy (non-hydrogen) atoms. The van der Waals surface area contributed by atoms with Crippen LogP contribution in [-0.4, -0.2) is 61.5 Å². The second-order valence-electron chi connectivity index (χ2n) is 5.11. The molecule has 0 N–H and O–H groups in total. The van der Waals surface area contributed by atoms with E-state index in [4.69, 9.17) is 0 Å². The fraction of sp³-hybridized carbons (Fsp3) is 0.533. The predicted octanol–water partition coefficient (Wildman–Crippen LogP) is 0.969. The minimum absolute atomic E-state index is 0.0193. The van der Waals surface area contributed by atoms with Crippen molar-refractivity contribution in [2.45, 2.75) is 13.3 Å². The molecule has 0 saturated carbocycles. The Bertz CT molecular complexity index is 493. The van der Waals surface area contributed by atoms with Crippen LogP contribution in [0.3, 0.4) is 0 Å². The molecule has 2 heterocycles. The Morgan fingerprint density at radius 2 is 1.95 bits per heavy atom. The van der Waals surface area contributed by atoms with Gasteiger partial charge in [0.1, 0.15) is 5.69 Å². The van der Waals surface area contributed by atoms with Gasteiger partial charge in [0, 0.05) is 39.6 Å².